The van der Waals surface area contributed by atoms with Gasteiger partial charge in [-0.3, -0.25) is 4.57 Å². The van der Waals surface area contributed by atoms with Crippen LogP contribution < -0.4 is 10.4 Å². The first-order chi connectivity index (χ1) is 46.7. The van der Waals surface area contributed by atoms with Crippen molar-refractivity contribution in [3.8, 4) is 37.3 Å². The van der Waals surface area contributed by atoms with Crippen molar-refractivity contribution in [1.82, 2.24) is 18.3 Å². The van der Waals surface area contributed by atoms with Crippen LogP contribution in [0.4, 0.5) is 0 Å². The van der Waals surface area contributed by atoms with E-state index in [4.69, 9.17) is 13.3 Å². The van der Waals surface area contributed by atoms with Gasteiger partial charge in [0, 0.05) is 56.8 Å². The molecule has 5 aromatic heterocycles. The minimum atomic E-state index is -1.91. The molecule has 0 bridgehead atoms. The van der Waals surface area contributed by atoms with E-state index < -0.39 is 14.9 Å². The molecule has 10 aromatic rings. The Balaban J connectivity index is 0.000000219. The summed E-state index contributed by atoms with van der Waals surface area (Å²) in [5.41, 5.74) is 13.8. The van der Waals surface area contributed by atoms with E-state index in [0.29, 0.717) is 16.1 Å². The molecule has 1 aliphatic rings. The lowest BCUT2D eigenvalue weighted by atomic mass is 9.79. The number of rotatable bonds is 33. The van der Waals surface area contributed by atoms with Gasteiger partial charge in [-0.25, -0.2) is 4.98 Å². The molecule has 4 nitrogen and oxygen atoms in total. The summed E-state index contributed by atoms with van der Waals surface area (Å²) in [4.78, 5) is 14.4. The molecule has 6 heterocycles. The van der Waals surface area contributed by atoms with E-state index in [1.165, 1.54) is 238 Å². The van der Waals surface area contributed by atoms with Gasteiger partial charge in [-0.1, -0.05) is 259 Å². The van der Waals surface area contributed by atoms with Crippen molar-refractivity contribution >= 4 is 178 Å². The topological polar surface area (TPSA) is 43.6 Å². The Morgan fingerprint density at radius 3 is 1.69 bits per heavy atom. The predicted octanol–water partition coefficient (Wildman–Crippen LogP) is 25.5. The molecule has 0 spiro atoms. The van der Waals surface area contributed by atoms with Gasteiger partial charge in [0.25, 0.3) is 0 Å². The van der Waals surface area contributed by atoms with Crippen molar-refractivity contribution in [2.45, 2.75) is 236 Å². The molecule has 5 aromatic carbocycles. The van der Waals surface area contributed by atoms with Crippen LogP contribution in [0.5, 0.6) is 0 Å². The molecule has 0 saturated heterocycles. The number of imidazole rings is 1. The van der Waals surface area contributed by atoms with Gasteiger partial charge in [0.1, 0.15) is 24.9 Å². The van der Waals surface area contributed by atoms with Crippen molar-refractivity contribution in [3.63, 3.8) is 0 Å². The Hall–Kier alpha value is -2.53. The number of hydrogen-bond donors (Lipinski definition) is 0. The van der Waals surface area contributed by atoms with E-state index in [9.17, 15) is 0 Å². The summed E-state index contributed by atoms with van der Waals surface area (Å²) >= 11 is 13.9. The summed E-state index contributed by atoms with van der Waals surface area (Å²) in [6.07, 6.45) is 29.7. The summed E-state index contributed by atoms with van der Waals surface area (Å²) in [6, 6.07) is 39.0. The normalized spacial score (nSPS) is 14.7. The number of thiophene rings is 3. The predicted molar refractivity (Wildman–Crippen MR) is 448 cm³/mol. The fraction of sp³-hybridized carbons (Fsp3) is 0.494. The molecule has 495 valence electrons. The standard InChI is InChI=1S/C45H56N2S.C32H44N2S3Si.B2H2PS.H3IP2/c1-6-9-12-15-18-34-21-25-37(26-22-34)47-44-39-28-24-36(20-17-14-11-8-3)31-42(39)41-30-35(19-16-13-10-7-2)23-27-38(41)43(44)46-45(47)40-29-32(4)48-33(40)5;1-7-11-13-23(9-3)19-38(20-24(10-4)14-12-8-2)27-17-22(6)35-31(27)32-28(38)18-26(36-32)25-16-15-21(5)29-30(25)34-37-33-29;1-2-3-4;1-3-2/h21-31H,6-20H2,1-5H3;15-18,23-24H,7-14,19-20H2,1-6H3;1-2H;3H,2H2/i;;1T,2T;2T. The van der Waals surface area contributed by atoms with Crippen molar-refractivity contribution in [3.05, 3.63) is 128 Å². The highest BCUT2D eigenvalue weighted by Gasteiger charge is 2.50. The van der Waals surface area contributed by atoms with Gasteiger partial charge in [0.15, 0.2) is 6.85 Å². The molecular weight excluding hydrogens is 1410 g/mol. The summed E-state index contributed by atoms with van der Waals surface area (Å²) < 4.78 is 31.5. The summed E-state index contributed by atoms with van der Waals surface area (Å²) in [6.45, 7) is 25.0. The second-order valence-electron chi connectivity index (χ2n) is 26.2. The largest absolute Gasteiger partial charge is 0.292 e. The third kappa shape index (κ3) is 19.1. The SMILES string of the molecule is CCCCC(CC)C[Si]1(CC(CC)CCCC)c2cc(C)sc2-c2sc(-c3ccc(C)c4nsnc34)cc21.CCCCCCc1ccc(-n2c(-c3cc(C)sc3C)nc3c4ccc(CCCCCC)cc4c4cc(CCCCCC)ccc4c32)cc1.[3H]PPI.[3H][B]B([3H])P=S. The average Bonchev–Trinajstić information content (AvgIpc) is 1.53. The van der Waals surface area contributed by atoms with Crippen LogP contribution >= 0.6 is 89.8 Å². The van der Waals surface area contributed by atoms with Crippen LogP contribution in [0.1, 0.15) is 214 Å². The highest BCUT2D eigenvalue weighted by Crippen LogP contribution is 2.49. The minimum Gasteiger partial charge on any atom is -0.292 e. The number of fused-ring (bicyclic) bond motifs is 10. The van der Waals surface area contributed by atoms with Gasteiger partial charge >= 0.3 is 0 Å². The Morgan fingerprint density at radius 2 is 1.15 bits per heavy atom. The van der Waals surface area contributed by atoms with Crippen molar-refractivity contribution in [2.75, 3.05) is 0 Å². The van der Waals surface area contributed by atoms with E-state index in [-0.39, 0.29) is 0 Å². The minimum absolute atomic E-state index is 0.405. The van der Waals surface area contributed by atoms with Crippen molar-refractivity contribution in [2.24, 2.45) is 11.8 Å². The van der Waals surface area contributed by atoms with E-state index >= 15 is 0 Å². The maximum atomic E-state index is 6.71. The first-order valence-electron chi connectivity index (χ1n) is 36.9. The zero-order valence-corrected chi connectivity index (χ0v) is 67.9. The first-order valence-corrected chi connectivity index (χ1v) is 48.4. The number of nitrogens with zero attached hydrogens (tertiary/aromatic N) is 4. The molecule has 0 amide bonds. The number of benzene rings is 5. The summed E-state index contributed by atoms with van der Waals surface area (Å²) in [5, 5.41) is 8.87. The molecule has 1 radical (unpaired) electrons. The zero-order valence-electron chi connectivity index (χ0n) is 60.8. The quantitative estimate of drug-likeness (QED) is 0.0135. The van der Waals surface area contributed by atoms with Gasteiger partial charge in [-0.15, -0.1) is 42.9 Å². The van der Waals surface area contributed by atoms with Crippen LogP contribution in [-0.4, -0.2) is 44.9 Å². The highest BCUT2D eigenvalue weighted by atomic mass is 127. The molecule has 0 saturated carbocycles. The second kappa shape index (κ2) is 38.7. The average molecular weight is 1520 g/mol. The first kappa shape index (κ1) is 71.7. The number of halogens is 1. The maximum Gasteiger partial charge on any atom is 0.155 e. The van der Waals surface area contributed by atoms with E-state index in [0.717, 1.165) is 67.1 Å². The van der Waals surface area contributed by atoms with Gasteiger partial charge in [0.2, 0.25) is 0 Å². The van der Waals surface area contributed by atoms with Gasteiger partial charge in [-0.2, -0.15) is 8.75 Å². The molecular formula is C77H105B2IN4P3S5Si. The molecule has 4 unspecified atom stereocenters. The third-order valence-corrected chi connectivity index (χ3v) is 29.5. The van der Waals surface area contributed by atoms with Crippen LogP contribution in [-0.2, 0) is 31.1 Å². The van der Waals surface area contributed by atoms with Crippen LogP contribution in [0.25, 0.3) is 80.9 Å². The molecule has 1 aliphatic heterocycles. The molecule has 93 heavy (non-hydrogen) atoms. The third-order valence-electron chi connectivity index (χ3n) is 19.4. The zero-order chi connectivity index (χ0) is 68.7. The molecule has 0 N–H and O–H groups in total. The maximum absolute atomic E-state index is 6.71. The molecule has 16 heteroatoms. The number of hydrogen-bond acceptors (Lipinski definition) is 8. The fourth-order valence-electron chi connectivity index (χ4n) is 14.4. The second-order valence-corrected chi connectivity index (χ2v) is 41.3. The molecule has 0 aliphatic carbocycles. The van der Waals surface area contributed by atoms with Gasteiger partial charge < -0.3 is 0 Å². The highest BCUT2D eigenvalue weighted by molar-refractivity contribution is 14.2. The van der Waals surface area contributed by atoms with Crippen molar-refractivity contribution in [1.29, 1.82) is 3.95 Å². The summed E-state index contributed by atoms with van der Waals surface area (Å²) in [7, 11) is 0.0545. The number of aryl methyl sites for hydroxylation is 7. The van der Waals surface area contributed by atoms with Crippen LogP contribution in [0.3, 0.4) is 0 Å². The molecule has 4 atom stereocenters. The molecule has 11 rings (SSSR count). The van der Waals surface area contributed by atoms with Crippen LogP contribution in [0.15, 0.2) is 91.0 Å². The summed E-state index contributed by atoms with van der Waals surface area (Å²) in [5.74, 6) is 3.53. The Kier molecular flexibility index (Phi) is 29.9. The lowest BCUT2D eigenvalue weighted by Crippen LogP contribution is -2.56. The lowest BCUT2D eigenvalue weighted by Gasteiger charge is -2.35. The molecule has 0 fully saturated rings. The number of aromatic nitrogens is 4. The Bertz CT molecular complexity index is 4040. The van der Waals surface area contributed by atoms with E-state index in [2.05, 4.69) is 221 Å². The van der Waals surface area contributed by atoms with Gasteiger partial charge in [-0.05, 0) is 172 Å². The van der Waals surface area contributed by atoms with E-state index in [1.807, 2.05) is 22.7 Å². The smallest absolute Gasteiger partial charge is 0.155 e. The fourth-order valence-corrected chi connectivity index (χ4v) is 26.3. The van der Waals surface area contributed by atoms with Crippen LogP contribution in [0.2, 0.25) is 12.1 Å². The monoisotopic (exact) mass is 1520 g/mol. The Labute approximate surface area is 607 Å². The number of unbranched alkanes of at least 4 members (excludes halogenated alkanes) is 11. The van der Waals surface area contributed by atoms with E-state index in [1.54, 1.807) is 20.1 Å². The van der Waals surface area contributed by atoms with Crippen LogP contribution in [0, 0.1) is 39.5 Å². The Morgan fingerprint density at radius 1 is 0.613 bits per heavy atom. The van der Waals surface area contributed by atoms with Gasteiger partial charge in [0.05, 0.1) is 31.7 Å². The van der Waals surface area contributed by atoms with Crippen molar-refractivity contribution < 1.29 is 0 Å². The lowest BCUT2D eigenvalue weighted by molar-refractivity contribution is 0.469.